The normalized spacial score (nSPS) is 19.5. The van der Waals surface area contributed by atoms with Crippen LogP contribution in [-0.2, 0) is 12.0 Å². The van der Waals surface area contributed by atoms with Gasteiger partial charge in [0.15, 0.2) is 0 Å². The van der Waals surface area contributed by atoms with Crippen molar-refractivity contribution < 1.29 is 0 Å². The predicted molar refractivity (Wildman–Crippen MR) is 78.9 cm³/mol. The van der Waals surface area contributed by atoms with E-state index in [2.05, 4.69) is 39.1 Å². The quantitative estimate of drug-likeness (QED) is 0.722. The van der Waals surface area contributed by atoms with Crippen LogP contribution in [-0.4, -0.2) is 9.97 Å². The van der Waals surface area contributed by atoms with Gasteiger partial charge in [0.2, 0.25) is 0 Å². The largest absolute Gasteiger partial charge is 0.343 e. The number of imidazole rings is 1. The van der Waals surface area contributed by atoms with Crippen molar-refractivity contribution in [2.24, 2.45) is 5.73 Å². The lowest BCUT2D eigenvalue weighted by Crippen LogP contribution is -2.34. The lowest BCUT2D eigenvalue weighted by molar-refractivity contribution is 0.435. The molecular weight excluding hydrogens is 302 g/mol. The Morgan fingerprint density at radius 3 is 2.84 bits per heavy atom. The molecule has 2 aromatic rings. The number of hydrogen-bond acceptors (Lipinski definition) is 2. The minimum absolute atomic E-state index is 0.222. The highest BCUT2D eigenvalue weighted by Gasteiger charge is 2.36. The first-order chi connectivity index (χ1) is 9.16. The summed E-state index contributed by atoms with van der Waals surface area (Å²) in [4.78, 5) is 8.31. The molecule has 0 aliphatic heterocycles. The number of rotatable bonds is 1. The van der Waals surface area contributed by atoms with E-state index in [4.69, 9.17) is 10.7 Å². The Morgan fingerprint density at radius 1 is 1.26 bits per heavy atom. The zero-order chi connectivity index (χ0) is 13.0. The van der Waals surface area contributed by atoms with Crippen LogP contribution in [0.15, 0.2) is 22.7 Å². The minimum atomic E-state index is -0.222. The Labute approximate surface area is 120 Å². The van der Waals surface area contributed by atoms with Crippen LogP contribution in [0.25, 0.3) is 11.3 Å². The van der Waals surface area contributed by atoms with Gasteiger partial charge in [-0.25, -0.2) is 4.98 Å². The van der Waals surface area contributed by atoms with Gasteiger partial charge in [0, 0.05) is 22.2 Å². The molecule has 98 valence electrons. The van der Waals surface area contributed by atoms with E-state index in [0.29, 0.717) is 0 Å². The van der Waals surface area contributed by atoms with Crippen molar-refractivity contribution in [2.75, 3.05) is 0 Å². The van der Waals surface area contributed by atoms with Crippen molar-refractivity contribution >= 4 is 15.9 Å². The molecule has 19 heavy (non-hydrogen) atoms. The van der Waals surface area contributed by atoms with Gasteiger partial charge < -0.3 is 10.7 Å². The van der Waals surface area contributed by atoms with E-state index in [9.17, 15) is 0 Å². The number of H-pyrrole nitrogens is 1. The molecule has 4 rings (SSSR count). The Hall–Kier alpha value is -1.13. The van der Waals surface area contributed by atoms with Crippen LogP contribution in [0.5, 0.6) is 0 Å². The first kappa shape index (κ1) is 11.7. The fourth-order valence-electron chi connectivity index (χ4n) is 3.37. The summed E-state index contributed by atoms with van der Waals surface area (Å²) in [6.07, 6.45) is 5.46. The number of fused-ring (bicyclic) bond motifs is 3. The zero-order valence-electron chi connectivity index (χ0n) is 10.7. The molecule has 1 saturated carbocycles. The number of aromatic nitrogens is 2. The summed E-state index contributed by atoms with van der Waals surface area (Å²) < 4.78 is 1.13. The van der Waals surface area contributed by atoms with E-state index < -0.39 is 0 Å². The van der Waals surface area contributed by atoms with Gasteiger partial charge in [-0.3, -0.25) is 0 Å². The fraction of sp³-hybridized carbons (Fsp3) is 0.400. The van der Waals surface area contributed by atoms with E-state index >= 15 is 0 Å². The lowest BCUT2D eigenvalue weighted by Gasteiger charge is -2.20. The fourth-order valence-corrected chi connectivity index (χ4v) is 3.78. The molecule has 1 fully saturated rings. The van der Waals surface area contributed by atoms with Crippen molar-refractivity contribution in [1.82, 2.24) is 9.97 Å². The minimum Gasteiger partial charge on any atom is -0.343 e. The smallest absolute Gasteiger partial charge is 0.127 e. The van der Waals surface area contributed by atoms with E-state index in [1.54, 1.807) is 0 Å². The third-order valence-corrected chi connectivity index (χ3v) is 4.93. The maximum atomic E-state index is 6.48. The zero-order valence-corrected chi connectivity index (χ0v) is 12.3. The van der Waals surface area contributed by atoms with Crippen LogP contribution in [0, 0.1) is 0 Å². The van der Waals surface area contributed by atoms with Crippen LogP contribution >= 0.6 is 15.9 Å². The Balaban J connectivity index is 1.79. The van der Waals surface area contributed by atoms with Crippen molar-refractivity contribution in [1.29, 1.82) is 0 Å². The van der Waals surface area contributed by atoms with E-state index in [1.807, 2.05) is 0 Å². The summed E-state index contributed by atoms with van der Waals surface area (Å²) in [5.41, 5.74) is 11.2. The molecule has 0 unspecified atom stereocenters. The molecule has 3 nitrogen and oxygen atoms in total. The molecule has 0 saturated heterocycles. The Morgan fingerprint density at radius 2 is 2.05 bits per heavy atom. The summed E-state index contributed by atoms with van der Waals surface area (Å²) in [5, 5.41) is 0. The highest BCUT2D eigenvalue weighted by molar-refractivity contribution is 9.10. The van der Waals surface area contributed by atoms with Gasteiger partial charge in [0.05, 0.1) is 11.2 Å². The van der Waals surface area contributed by atoms with Crippen molar-refractivity contribution in [3.63, 3.8) is 0 Å². The van der Waals surface area contributed by atoms with Gasteiger partial charge in [0.25, 0.3) is 0 Å². The lowest BCUT2D eigenvalue weighted by atomic mass is 9.98. The SMILES string of the molecule is NC1(c2nc3c([nH]2)Cc2cc(Br)ccc2-3)CCCC1. The third kappa shape index (κ3) is 1.70. The molecule has 2 aliphatic carbocycles. The van der Waals surface area contributed by atoms with E-state index in [0.717, 1.165) is 35.3 Å². The molecule has 1 heterocycles. The molecule has 0 radical (unpaired) electrons. The van der Waals surface area contributed by atoms with Gasteiger partial charge in [-0.2, -0.15) is 0 Å². The average Bonchev–Trinajstić information content (AvgIpc) is 3.02. The van der Waals surface area contributed by atoms with Crippen molar-refractivity contribution in [2.45, 2.75) is 37.6 Å². The molecule has 1 aromatic carbocycles. The summed E-state index contributed by atoms with van der Waals surface area (Å²) in [5.74, 6) is 0.989. The average molecular weight is 318 g/mol. The summed E-state index contributed by atoms with van der Waals surface area (Å²) in [7, 11) is 0. The molecule has 2 aliphatic rings. The Bertz CT molecular complexity index is 653. The second-order valence-corrected chi connectivity index (χ2v) is 6.67. The Kier molecular flexibility index (Phi) is 2.42. The summed E-state index contributed by atoms with van der Waals surface area (Å²) >= 11 is 3.52. The van der Waals surface area contributed by atoms with Gasteiger partial charge in [-0.1, -0.05) is 34.8 Å². The maximum absolute atomic E-state index is 6.48. The van der Waals surface area contributed by atoms with Gasteiger partial charge in [-0.15, -0.1) is 0 Å². The molecule has 0 atom stereocenters. The molecule has 0 spiro atoms. The number of benzene rings is 1. The molecule has 0 bridgehead atoms. The second kappa shape index (κ2) is 3.93. The third-order valence-electron chi connectivity index (χ3n) is 4.44. The highest BCUT2D eigenvalue weighted by Crippen LogP contribution is 2.40. The monoisotopic (exact) mass is 317 g/mol. The summed E-state index contributed by atoms with van der Waals surface area (Å²) in [6, 6.07) is 6.40. The van der Waals surface area contributed by atoms with Gasteiger partial charge in [-0.05, 0) is 30.5 Å². The topological polar surface area (TPSA) is 54.7 Å². The van der Waals surface area contributed by atoms with Crippen LogP contribution < -0.4 is 5.73 Å². The van der Waals surface area contributed by atoms with E-state index in [1.165, 1.54) is 29.7 Å². The molecule has 0 amide bonds. The van der Waals surface area contributed by atoms with Crippen LogP contribution in [0.4, 0.5) is 0 Å². The van der Waals surface area contributed by atoms with Crippen LogP contribution in [0.1, 0.15) is 42.8 Å². The highest BCUT2D eigenvalue weighted by atomic mass is 79.9. The number of hydrogen-bond donors (Lipinski definition) is 2. The van der Waals surface area contributed by atoms with Crippen molar-refractivity contribution in [3.8, 4) is 11.3 Å². The number of nitrogens with zero attached hydrogens (tertiary/aromatic N) is 1. The van der Waals surface area contributed by atoms with Gasteiger partial charge >= 0.3 is 0 Å². The first-order valence-electron chi connectivity index (χ1n) is 6.83. The molecule has 1 aromatic heterocycles. The second-order valence-electron chi connectivity index (χ2n) is 5.75. The van der Waals surface area contributed by atoms with Gasteiger partial charge in [0.1, 0.15) is 5.82 Å². The predicted octanol–water partition coefficient (Wildman–Crippen LogP) is 3.47. The first-order valence-corrected chi connectivity index (χ1v) is 7.62. The molecule has 4 heteroatoms. The van der Waals surface area contributed by atoms with Crippen LogP contribution in [0.2, 0.25) is 0 Å². The molecule has 3 N–H and O–H groups in total. The number of halogens is 1. The summed E-state index contributed by atoms with van der Waals surface area (Å²) in [6.45, 7) is 0. The number of aromatic amines is 1. The number of nitrogens with two attached hydrogens (primary N) is 1. The maximum Gasteiger partial charge on any atom is 0.127 e. The van der Waals surface area contributed by atoms with E-state index in [-0.39, 0.29) is 5.54 Å². The van der Waals surface area contributed by atoms with Crippen molar-refractivity contribution in [3.05, 3.63) is 39.8 Å². The standard InChI is InChI=1S/C15H16BrN3/c16-10-3-4-11-9(7-10)8-12-13(11)19-14(18-12)15(17)5-1-2-6-15/h3-4,7H,1-2,5-6,8,17H2,(H,18,19). The molecular formula is C15H16BrN3. The number of nitrogens with one attached hydrogen (secondary N) is 1. The van der Waals surface area contributed by atoms with Crippen LogP contribution in [0.3, 0.4) is 0 Å².